The Morgan fingerprint density at radius 3 is 2.94 bits per heavy atom. The van der Waals surface area contributed by atoms with Crippen LogP contribution < -0.4 is 5.32 Å². The monoisotopic (exact) mass is 237 g/mol. The SMILES string of the molecule is CC(=O)Nc1nn(-c2cccnc2)nc1Cl. The van der Waals surface area contributed by atoms with Crippen molar-refractivity contribution >= 4 is 23.3 Å². The number of carbonyl (C=O) groups excluding carboxylic acids is 1. The highest BCUT2D eigenvalue weighted by atomic mass is 35.5. The van der Waals surface area contributed by atoms with Crippen LogP contribution in [-0.4, -0.2) is 25.9 Å². The van der Waals surface area contributed by atoms with Crippen LogP contribution in [0.3, 0.4) is 0 Å². The van der Waals surface area contributed by atoms with E-state index in [2.05, 4.69) is 20.5 Å². The molecule has 1 N–H and O–H groups in total. The van der Waals surface area contributed by atoms with Gasteiger partial charge >= 0.3 is 0 Å². The van der Waals surface area contributed by atoms with Crippen molar-refractivity contribution in [2.75, 3.05) is 5.32 Å². The van der Waals surface area contributed by atoms with Gasteiger partial charge in [0.2, 0.25) is 5.91 Å². The molecule has 2 aromatic heterocycles. The Balaban J connectivity index is 2.34. The minimum atomic E-state index is -0.250. The molecule has 0 aromatic carbocycles. The third-order valence-electron chi connectivity index (χ3n) is 1.74. The fourth-order valence-electron chi connectivity index (χ4n) is 1.12. The smallest absolute Gasteiger partial charge is 0.222 e. The molecule has 0 atom stereocenters. The highest BCUT2D eigenvalue weighted by Gasteiger charge is 2.10. The van der Waals surface area contributed by atoms with Crippen molar-refractivity contribution in [3.05, 3.63) is 29.7 Å². The van der Waals surface area contributed by atoms with Gasteiger partial charge in [-0.25, -0.2) is 0 Å². The molecule has 0 aliphatic heterocycles. The van der Waals surface area contributed by atoms with Crippen molar-refractivity contribution in [3.63, 3.8) is 0 Å². The Morgan fingerprint density at radius 1 is 1.50 bits per heavy atom. The van der Waals surface area contributed by atoms with Gasteiger partial charge in [-0.15, -0.1) is 15.0 Å². The van der Waals surface area contributed by atoms with Crippen LogP contribution in [0.2, 0.25) is 5.15 Å². The number of pyridine rings is 1. The second kappa shape index (κ2) is 4.28. The zero-order valence-corrected chi connectivity index (χ0v) is 9.14. The lowest BCUT2D eigenvalue weighted by Gasteiger charge is -1.96. The standard InChI is InChI=1S/C9H8ClN5O/c1-6(16)12-9-8(10)13-15(14-9)7-3-2-4-11-5-7/h2-5H,1H3,(H,12,14,16). The predicted molar refractivity (Wildman–Crippen MR) is 58.5 cm³/mol. The van der Waals surface area contributed by atoms with Crippen molar-refractivity contribution < 1.29 is 4.79 Å². The van der Waals surface area contributed by atoms with Crippen LogP contribution >= 0.6 is 11.6 Å². The molecule has 7 heteroatoms. The van der Waals surface area contributed by atoms with Crippen LogP contribution in [0.25, 0.3) is 5.69 Å². The Hall–Kier alpha value is -1.95. The molecule has 0 radical (unpaired) electrons. The zero-order chi connectivity index (χ0) is 11.5. The Kier molecular flexibility index (Phi) is 2.82. The molecule has 0 saturated carbocycles. The molecule has 2 rings (SSSR count). The number of anilines is 1. The topological polar surface area (TPSA) is 72.7 Å². The lowest BCUT2D eigenvalue weighted by molar-refractivity contribution is -0.114. The van der Waals surface area contributed by atoms with E-state index in [1.165, 1.54) is 11.7 Å². The minimum Gasteiger partial charge on any atom is -0.307 e. The maximum atomic E-state index is 10.9. The molecule has 2 aromatic rings. The maximum Gasteiger partial charge on any atom is 0.222 e. The number of amides is 1. The van der Waals surface area contributed by atoms with Gasteiger partial charge in [0.25, 0.3) is 0 Å². The van der Waals surface area contributed by atoms with Gasteiger partial charge in [0.1, 0.15) is 5.69 Å². The second-order valence-electron chi connectivity index (χ2n) is 3.02. The fraction of sp³-hybridized carbons (Fsp3) is 0.111. The van der Waals surface area contributed by atoms with Crippen molar-refractivity contribution in [2.45, 2.75) is 6.92 Å². The Labute approximate surface area is 96.2 Å². The first kappa shape index (κ1) is 10.6. The third-order valence-corrected chi connectivity index (χ3v) is 2.00. The van der Waals surface area contributed by atoms with E-state index in [4.69, 9.17) is 11.6 Å². The molecule has 0 spiro atoms. The molecular weight excluding hydrogens is 230 g/mol. The number of rotatable bonds is 2. The van der Waals surface area contributed by atoms with E-state index in [0.29, 0.717) is 5.69 Å². The predicted octanol–water partition coefficient (Wildman–Crippen LogP) is 1.27. The molecule has 16 heavy (non-hydrogen) atoms. The van der Waals surface area contributed by atoms with Crippen LogP contribution in [0.15, 0.2) is 24.5 Å². The molecule has 0 fully saturated rings. The quantitative estimate of drug-likeness (QED) is 0.854. The number of nitrogens with zero attached hydrogens (tertiary/aromatic N) is 4. The van der Waals surface area contributed by atoms with Crippen LogP contribution in [0.4, 0.5) is 5.82 Å². The van der Waals surface area contributed by atoms with Crippen LogP contribution in [0, 0.1) is 0 Å². The molecule has 0 saturated heterocycles. The van der Waals surface area contributed by atoms with E-state index in [1.54, 1.807) is 24.5 Å². The Bertz CT molecular complexity index is 510. The first-order valence-corrected chi connectivity index (χ1v) is 4.85. The summed E-state index contributed by atoms with van der Waals surface area (Å²) in [6.45, 7) is 1.37. The molecule has 0 aliphatic carbocycles. The highest BCUT2D eigenvalue weighted by molar-refractivity contribution is 6.32. The molecule has 82 valence electrons. The van der Waals surface area contributed by atoms with Gasteiger partial charge in [-0.05, 0) is 12.1 Å². The molecule has 0 unspecified atom stereocenters. The average Bonchev–Trinajstić information content (AvgIpc) is 2.61. The van der Waals surface area contributed by atoms with Gasteiger partial charge in [-0.1, -0.05) is 11.6 Å². The van der Waals surface area contributed by atoms with E-state index >= 15 is 0 Å². The maximum absolute atomic E-state index is 10.9. The van der Waals surface area contributed by atoms with Crippen LogP contribution in [-0.2, 0) is 4.79 Å². The van der Waals surface area contributed by atoms with Gasteiger partial charge in [-0.2, -0.15) is 0 Å². The van der Waals surface area contributed by atoms with E-state index < -0.39 is 0 Å². The number of aromatic nitrogens is 4. The van der Waals surface area contributed by atoms with Crippen molar-refractivity contribution in [1.29, 1.82) is 0 Å². The molecule has 0 bridgehead atoms. The van der Waals surface area contributed by atoms with E-state index in [0.717, 1.165) is 0 Å². The summed E-state index contributed by atoms with van der Waals surface area (Å²) in [7, 11) is 0. The van der Waals surface area contributed by atoms with E-state index in [9.17, 15) is 4.79 Å². The summed E-state index contributed by atoms with van der Waals surface area (Å²) in [4.78, 5) is 16.1. The number of halogens is 1. The van der Waals surface area contributed by atoms with Gasteiger partial charge in [0.15, 0.2) is 11.0 Å². The number of hydrogen-bond acceptors (Lipinski definition) is 4. The number of hydrogen-bond donors (Lipinski definition) is 1. The van der Waals surface area contributed by atoms with Gasteiger partial charge in [-0.3, -0.25) is 9.78 Å². The summed E-state index contributed by atoms with van der Waals surface area (Å²) < 4.78 is 0. The summed E-state index contributed by atoms with van der Waals surface area (Å²) in [5, 5.41) is 10.6. The summed E-state index contributed by atoms with van der Waals surface area (Å²) >= 11 is 5.81. The Morgan fingerprint density at radius 2 is 2.31 bits per heavy atom. The third kappa shape index (κ3) is 2.17. The minimum absolute atomic E-state index is 0.138. The normalized spacial score (nSPS) is 10.1. The summed E-state index contributed by atoms with van der Waals surface area (Å²) in [5.41, 5.74) is 0.668. The first-order valence-electron chi connectivity index (χ1n) is 4.47. The largest absolute Gasteiger partial charge is 0.307 e. The van der Waals surface area contributed by atoms with Crippen LogP contribution in [0.5, 0.6) is 0 Å². The molecule has 1 amide bonds. The van der Waals surface area contributed by atoms with Gasteiger partial charge in [0, 0.05) is 13.1 Å². The number of carbonyl (C=O) groups is 1. The lowest BCUT2D eigenvalue weighted by atomic mass is 10.4. The van der Waals surface area contributed by atoms with Gasteiger partial charge in [0.05, 0.1) is 6.20 Å². The number of nitrogens with one attached hydrogen (secondary N) is 1. The van der Waals surface area contributed by atoms with E-state index in [1.807, 2.05) is 0 Å². The summed E-state index contributed by atoms with van der Waals surface area (Å²) in [5.74, 6) is -0.0156. The first-order chi connectivity index (χ1) is 7.66. The van der Waals surface area contributed by atoms with Crippen molar-refractivity contribution in [3.8, 4) is 5.69 Å². The fourth-order valence-corrected chi connectivity index (χ4v) is 1.28. The summed E-state index contributed by atoms with van der Waals surface area (Å²) in [6, 6.07) is 3.53. The second-order valence-corrected chi connectivity index (χ2v) is 3.38. The molecular formula is C9H8ClN5O. The lowest BCUT2D eigenvalue weighted by Crippen LogP contribution is -2.07. The zero-order valence-electron chi connectivity index (χ0n) is 8.38. The molecule has 6 nitrogen and oxygen atoms in total. The van der Waals surface area contributed by atoms with Crippen molar-refractivity contribution in [2.24, 2.45) is 0 Å². The average molecular weight is 238 g/mol. The van der Waals surface area contributed by atoms with E-state index in [-0.39, 0.29) is 16.9 Å². The van der Waals surface area contributed by atoms with Gasteiger partial charge < -0.3 is 5.32 Å². The summed E-state index contributed by atoms with van der Waals surface area (Å²) in [6.07, 6.45) is 3.23. The van der Waals surface area contributed by atoms with Crippen molar-refractivity contribution in [1.82, 2.24) is 20.0 Å². The molecule has 2 heterocycles. The molecule has 0 aliphatic rings. The van der Waals surface area contributed by atoms with Crippen LogP contribution in [0.1, 0.15) is 6.92 Å². The highest BCUT2D eigenvalue weighted by Crippen LogP contribution is 2.17.